The second kappa shape index (κ2) is 7.35. The lowest BCUT2D eigenvalue weighted by atomic mass is 10.1. The quantitative estimate of drug-likeness (QED) is 0.725. The zero-order valence-corrected chi connectivity index (χ0v) is 15.0. The summed E-state index contributed by atoms with van der Waals surface area (Å²) in [5.41, 5.74) is 4.64. The van der Waals surface area contributed by atoms with Crippen LogP contribution in [0, 0.1) is 20.8 Å². The monoisotopic (exact) mass is 348 g/mol. The third kappa shape index (κ3) is 3.88. The van der Waals surface area contributed by atoms with Gasteiger partial charge in [-0.25, -0.2) is 4.79 Å². The van der Waals surface area contributed by atoms with Gasteiger partial charge in [0.1, 0.15) is 0 Å². The van der Waals surface area contributed by atoms with Gasteiger partial charge < -0.3 is 10.1 Å². The molecule has 1 heterocycles. The summed E-state index contributed by atoms with van der Waals surface area (Å²) in [4.78, 5) is 29.0. The number of rotatable bonds is 4. The van der Waals surface area contributed by atoms with E-state index in [0.717, 1.165) is 22.3 Å². The number of ether oxygens (including phenoxy) is 1. The highest BCUT2D eigenvalue weighted by molar-refractivity contribution is 6.04. The Morgan fingerprint density at radius 3 is 2.58 bits per heavy atom. The van der Waals surface area contributed by atoms with E-state index in [4.69, 9.17) is 4.74 Å². The van der Waals surface area contributed by atoms with Crippen molar-refractivity contribution >= 4 is 28.5 Å². The summed E-state index contributed by atoms with van der Waals surface area (Å²) in [6.45, 7) is 5.37. The maximum absolute atomic E-state index is 12.4. The van der Waals surface area contributed by atoms with Crippen molar-refractivity contribution in [3.8, 4) is 0 Å². The number of hydrogen-bond donors (Lipinski definition) is 1. The van der Waals surface area contributed by atoms with E-state index in [-0.39, 0.29) is 12.5 Å². The van der Waals surface area contributed by atoms with Gasteiger partial charge in [0.25, 0.3) is 5.91 Å². The molecule has 3 aromatic rings. The van der Waals surface area contributed by atoms with Gasteiger partial charge in [0.2, 0.25) is 0 Å². The summed E-state index contributed by atoms with van der Waals surface area (Å²) < 4.78 is 5.21. The highest BCUT2D eigenvalue weighted by Gasteiger charge is 2.15. The SMILES string of the molecule is Cc1ccc(NC(=O)COC(=O)c2cc(C)nc3ccccc23)c(C)c1. The number of carbonyl (C=O) groups excluding carboxylic acids is 2. The largest absolute Gasteiger partial charge is 0.452 e. The van der Waals surface area contributed by atoms with E-state index in [9.17, 15) is 9.59 Å². The van der Waals surface area contributed by atoms with E-state index in [2.05, 4.69) is 10.3 Å². The van der Waals surface area contributed by atoms with Gasteiger partial charge in [0, 0.05) is 16.8 Å². The first-order valence-electron chi connectivity index (χ1n) is 8.34. The molecule has 0 aliphatic heterocycles. The lowest BCUT2D eigenvalue weighted by Crippen LogP contribution is -2.21. The van der Waals surface area contributed by atoms with E-state index in [1.165, 1.54) is 0 Å². The number of amides is 1. The standard InChI is InChI=1S/C21H20N2O3/c1-13-8-9-18(14(2)10-13)23-20(24)12-26-21(25)17-11-15(3)22-19-7-5-4-6-16(17)19/h4-11H,12H2,1-3H3,(H,23,24). The first kappa shape index (κ1) is 17.6. The number of aryl methyl sites for hydroxylation is 3. The predicted octanol–water partition coefficient (Wildman–Crippen LogP) is 3.96. The fraction of sp³-hybridized carbons (Fsp3) is 0.190. The first-order valence-corrected chi connectivity index (χ1v) is 8.34. The Balaban J connectivity index is 1.70. The summed E-state index contributed by atoms with van der Waals surface area (Å²) in [6.07, 6.45) is 0. The molecule has 0 spiro atoms. The lowest BCUT2D eigenvalue weighted by Gasteiger charge is -2.11. The van der Waals surface area contributed by atoms with Crippen LogP contribution < -0.4 is 5.32 Å². The molecule has 1 amide bonds. The van der Waals surface area contributed by atoms with Crippen molar-refractivity contribution in [3.05, 3.63) is 70.9 Å². The van der Waals surface area contributed by atoms with Gasteiger partial charge in [-0.05, 0) is 44.5 Å². The lowest BCUT2D eigenvalue weighted by molar-refractivity contribution is -0.119. The molecule has 3 rings (SSSR count). The summed E-state index contributed by atoms with van der Waals surface area (Å²) in [7, 11) is 0. The average Bonchev–Trinajstić information content (AvgIpc) is 2.61. The van der Waals surface area contributed by atoms with E-state index in [1.807, 2.05) is 63.2 Å². The number of hydrogen-bond acceptors (Lipinski definition) is 4. The fourth-order valence-corrected chi connectivity index (χ4v) is 2.83. The Morgan fingerprint density at radius 2 is 1.81 bits per heavy atom. The number of carbonyl (C=O) groups is 2. The highest BCUT2D eigenvalue weighted by Crippen LogP contribution is 2.19. The number of pyridine rings is 1. The van der Waals surface area contributed by atoms with Crippen LogP contribution in [0.4, 0.5) is 5.69 Å². The Morgan fingerprint density at radius 1 is 1.04 bits per heavy atom. The molecule has 2 aromatic carbocycles. The number of aromatic nitrogens is 1. The van der Waals surface area contributed by atoms with E-state index in [0.29, 0.717) is 16.6 Å². The summed E-state index contributed by atoms with van der Waals surface area (Å²) in [5, 5.41) is 3.47. The number of para-hydroxylation sites is 1. The van der Waals surface area contributed by atoms with Crippen molar-refractivity contribution in [1.82, 2.24) is 4.98 Å². The maximum Gasteiger partial charge on any atom is 0.339 e. The number of esters is 1. The van der Waals surface area contributed by atoms with Crippen LogP contribution in [0.3, 0.4) is 0 Å². The Labute approximate surface area is 152 Å². The molecule has 0 aliphatic carbocycles. The molecule has 0 unspecified atom stereocenters. The van der Waals surface area contributed by atoms with Crippen molar-refractivity contribution < 1.29 is 14.3 Å². The van der Waals surface area contributed by atoms with Gasteiger partial charge in [-0.1, -0.05) is 35.9 Å². The van der Waals surface area contributed by atoms with Crippen molar-refractivity contribution in [2.75, 3.05) is 11.9 Å². The van der Waals surface area contributed by atoms with Crippen molar-refractivity contribution in [1.29, 1.82) is 0 Å². The van der Waals surface area contributed by atoms with E-state index < -0.39 is 5.97 Å². The van der Waals surface area contributed by atoms with E-state index in [1.54, 1.807) is 6.07 Å². The molecule has 26 heavy (non-hydrogen) atoms. The van der Waals surface area contributed by atoms with Crippen LogP contribution in [0.15, 0.2) is 48.5 Å². The maximum atomic E-state index is 12.4. The molecule has 5 heteroatoms. The van der Waals surface area contributed by atoms with Crippen molar-refractivity contribution in [3.63, 3.8) is 0 Å². The Kier molecular flexibility index (Phi) is 4.98. The minimum Gasteiger partial charge on any atom is -0.452 e. The average molecular weight is 348 g/mol. The molecule has 0 saturated heterocycles. The molecule has 0 saturated carbocycles. The summed E-state index contributed by atoms with van der Waals surface area (Å²) in [6, 6.07) is 14.8. The van der Waals surface area contributed by atoms with Crippen LogP contribution in [0.1, 0.15) is 27.2 Å². The van der Waals surface area contributed by atoms with Crippen molar-refractivity contribution in [2.24, 2.45) is 0 Å². The zero-order chi connectivity index (χ0) is 18.7. The topological polar surface area (TPSA) is 68.3 Å². The van der Waals surface area contributed by atoms with Crippen LogP contribution in [0.25, 0.3) is 10.9 Å². The number of nitrogens with one attached hydrogen (secondary N) is 1. The van der Waals surface area contributed by atoms with Gasteiger partial charge in [-0.3, -0.25) is 9.78 Å². The molecule has 0 bridgehead atoms. The van der Waals surface area contributed by atoms with Crippen molar-refractivity contribution in [2.45, 2.75) is 20.8 Å². The number of anilines is 1. The van der Waals surface area contributed by atoms with Gasteiger partial charge in [-0.15, -0.1) is 0 Å². The number of benzene rings is 2. The predicted molar refractivity (Wildman–Crippen MR) is 101 cm³/mol. The molecule has 0 aliphatic rings. The highest BCUT2D eigenvalue weighted by atomic mass is 16.5. The van der Waals surface area contributed by atoms with Crippen LogP contribution in [-0.4, -0.2) is 23.5 Å². The normalized spacial score (nSPS) is 10.6. The Bertz CT molecular complexity index is 996. The molecule has 1 N–H and O–H groups in total. The molecule has 0 fully saturated rings. The smallest absolute Gasteiger partial charge is 0.339 e. The van der Waals surface area contributed by atoms with Gasteiger partial charge in [-0.2, -0.15) is 0 Å². The molecule has 0 radical (unpaired) electrons. The van der Waals surface area contributed by atoms with Gasteiger partial charge in [0.15, 0.2) is 6.61 Å². The Hall–Kier alpha value is -3.21. The number of nitrogens with zero attached hydrogens (tertiary/aromatic N) is 1. The zero-order valence-electron chi connectivity index (χ0n) is 15.0. The molecular formula is C21H20N2O3. The van der Waals surface area contributed by atoms with Gasteiger partial charge in [0.05, 0.1) is 11.1 Å². The minimum absolute atomic E-state index is 0.345. The summed E-state index contributed by atoms with van der Waals surface area (Å²) in [5.74, 6) is -0.914. The van der Waals surface area contributed by atoms with Crippen LogP contribution >= 0.6 is 0 Å². The summed E-state index contributed by atoms with van der Waals surface area (Å²) >= 11 is 0. The minimum atomic E-state index is -0.539. The molecule has 132 valence electrons. The molecule has 0 atom stereocenters. The molecule has 1 aromatic heterocycles. The van der Waals surface area contributed by atoms with Crippen LogP contribution in [-0.2, 0) is 9.53 Å². The van der Waals surface area contributed by atoms with Gasteiger partial charge >= 0.3 is 5.97 Å². The third-order valence-electron chi connectivity index (χ3n) is 4.05. The fourth-order valence-electron chi connectivity index (χ4n) is 2.83. The second-order valence-corrected chi connectivity index (χ2v) is 6.27. The molecular weight excluding hydrogens is 328 g/mol. The van der Waals surface area contributed by atoms with Crippen LogP contribution in [0.2, 0.25) is 0 Å². The van der Waals surface area contributed by atoms with E-state index >= 15 is 0 Å². The first-order chi connectivity index (χ1) is 12.4. The second-order valence-electron chi connectivity index (χ2n) is 6.27. The molecule has 5 nitrogen and oxygen atoms in total. The number of fused-ring (bicyclic) bond motifs is 1. The third-order valence-corrected chi connectivity index (χ3v) is 4.05. The van der Waals surface area contributed by atoms with Crippen LogP contribution in [0.5, 0.6) is 0 Å².